The molecule has 120 valence electrons. The lowest BCUT2D eigenvalue weighted by atomic mass is 10.2. The highest BCUT2D eigenvalue weighted by Gasteiger charge is 2.14. The molecule has 0 amide bonds. The fourth-order valence-electron chi connectivity index (χ4n) is 2.14. The largest absolute Gasteiger partial charge is 0.241 e. The molecule has 7 heteroatoms. The first-order valence-electron chi connectivity index (χ1n) is 7.18. The predicted octanol–water partition coefficient (Wildman–Crippen LogP) is 2.22. The lowest BCUT2D eigenvalue weighted by Crippen LogP contribution is -2.23. The van der Waals surface area contributed by atoms with Crippen molar-refractivity contribution in [2.75, 3.05) is 0 Å². The van der Waals surface area contributed by atoms with Crippen LogP contribution in [0.2, 0.25) is 0 Å². The number of nitrogens with zero attached hydrogens (tertiary/aromatic N) is 3. The Bertz CT molecular complexity index is 971. The molecule has 0 atom stereocenters. The van der Waals surface area contributed by atoms with Crippen molar-refractivity contribution >= 4 is 10.0 Å². The van der Waals surface area contributed by atoms with E-state index in [4.69, 9.17) is 5.26 Å². The van der Waals surface area contributed by atoms with E-state index in [1.54, 1.807) is 16.9 Å². The maximum Gasteiger partial charge on any atom is 0.240 e. The van der Waals surface area contributed by atoms with E-state index in [-0.39, 0.29) is 11.4 Å². The van der Waals surface area contributed by atoms with Gasteiger partial charge in [0.1, 0.15) is 0 Å². The Kier molecular flexibility index (Phi) is 4.42. The van der Waals surface area contributed by atoms with Crippen LogP contribution in [0.5, 0.6) is 0 Å². The smallest absolute Gasteiger partial charge is 0.240 e. The molecule has 0 aliphatic rings. The van der Waals surface area contributed by atoms with Crippen molar-refractivity contribution in [3.05, 3.63) is 78.1 Å². The summed E-state index contributed by atoms with van der Waals surface area (Å²) in [6, 6.07) is 19.0. The molecule has 0 radical (unpaired) electrons. The average Bonchev–Trinajstić information content (AvgIpc) is 3.10. The summed E-state index contributed by atoms with van der Waals surface area (Å²) in [5, 5.41) is 13.1. The number of nitrogens with one attached hydrogen (secondary N) is 1. The molecule has 1 N–H and O–H groups in total. The third kappa shape index (κ3) is 3.51. The van der Waals surface area contributed by atoms with E-state index in [0.29, 0.717) is 11.3 Å². The van der Waals surface area contributed by atoms with Crippen molar-refractivity contribution in [3.63, 3.8) is 0 Å². The van der Waals surface area contributed by atoms with Gasteiger partial charge in [0.2, 0.25) is 10.0 Å². The fourth-order valence-corrected chi connectivity index (χ4v) is 3.14. The van der Waals surface area contributed by atoms with Crippen molar-refractivity contribution in [1.29, 1.82) is 5.26 Å². The zero-order valence-corrected chi connectivity index (χ0v) is 13.4. The molecule has 3 aromatic rings. The van der Waals surface area contributed by atoms with E-state index in [9.17, 15) is 8.42 Å². The minimum Gasteiger partial charge on any atom is -0.241 e. The third-order valence-electron chi connectivity index (χ3n) is 3.40. The normalized spacial score (nSPS) is 11.1. The molecule has 0 spiro atoms. The molecule has 1 aromatic heterocycles. The van der Waals surface area contributed by atoms with Gasteiger partial charge in [-0.1, -0.05) is 18.2 Å². The van der Waals surface area contributed by atoms with Crippen molar-refractivity contribution < 1.29 is 8.42 Å². The highest BCUT2D eigenvalue weighted by atomic mass is 32.2. The average molecular weight is 338 g/mol. The number of aromatic nitrogens is 2. The Morgan fingerprint density at radius 1 is 1.04 bits per heavy atom. The highest BCUT2D eigenvalue weighted by Crippen LogP contribution is 2.11. The summed E-state index contributed by atoms with van der Waals surface area (Å²) in [4.78, 5) is 0.115. The second kappa shape index (κ2) is 6.66. The van der Waals surface area contributed by atoms with Crippen LogP contribution in [0.1, 0.15) is 11.3 Å². The summed E-state index contributed by atoms with van der Waals surface area (Å²) >= 11 is 0. The number of nitriles is 1. The number of sulfonamides is 1. The van der Waals surface area contributed by atoms with E-state index in [2.05, 4.69) is 9.82 Å². The van der Waals surface area contributed by atoms with Crippen LogP contribution in [0.15, 0.2) is 71.8 Å². The topological polar surface area (TPSA) is 87.8 Å². The van der Waals surface area contributed by atoms with E-state index in [0.717, 1.165) is 5.69 Å². The minimum atomic E-state index is -3.65. The SMILES string of the molecule is N#Cc1ccc(S(=O)(=O)NCc2ccn(-c3ccccc3)n2)cc1. The van der Waals surface area contributed by atoms with Gasteiger partial charge in [-0.25, -0.2) is 17.8 Å². The van der Waals surface area contributed by atoms with Crippen LogP contribution in [0.25, 0.3) is 5.69 Å². The summed E-state index contributed by atoms with van der Waals surface area (Å²) in [5.74, 6) is 0. The molecule has 24 heavy (non-hydrogen) atoms. The highest BCUT2D eigenvalue weighted by molar-refractivity contribution is 7.89. The number of hydrogen-bond acceptors (Lipinski definition) is 4. The van der Waals surface area contributed by atoms with Crippen LogP contribution >= 0.6 is 0 Å². The van der Waals surface area contributed by atoms with Crippen LogP contribution in [-0.2, 0) is 16.6 Å². The summed E-state index contributed by atoms with van der Waals surface area (Å²) in [6.45, 7) is 0.0855. The summed E-state index contributed by atoms with van der Waals surface area (Å²) in [7, 11) is -3.65. The van der Waals surface area contributed by atoms with E-state index in [1.165, 1.54) is 24.3 Å². The van der Waals surface area contributed by atoms with Crippen molar-refractivity contribution in [3.8, 4) is 11.8 Å². The fraction of sp³-hybridized carbons (Fsp3) is 0.0588. The van der Waals surface area contributed by atoms with Crippen molar-refractivity contribution in [2.24, 2.45) is 0 Å². The number of benzene rings is 2. The first-order valence-corrected chi connectivity index (χ1v) is 8.66. The van der Waals surface area contributed by atoms with E-state index in [1.807, 2.05) is 36.4 Å². The monoisotopic (exact) mass is 338 g/mol. The Morgan fingerprint density at radius 2 is 1.75 bits per heavy atom. The third-order valence-corrected chi connectivity index (χ3v) is 4.82. The molecular formula is C17H14N4O2S. The first kappa shape index (κ1) is 15.9. The van der Waals surface area contributed by atoms with Crippen molar-refractivity contribution in [1.82, 2.24) is 14.5 Å². The summed E-state index contributed by atoms with van der Waals surface area (Å²) in [5.41, 5.74) is 1.92. The molecule has 6 nitrogen and oxygen atoms in total. The van der Waals surface area contributed by atoms with Gasteiger partial charge in [-0.2, -0.15) is 10.4 Å². The molecule has 3 rings (SSSR count). The van der Waals surface area contributed by atoms with Crippen LogP contribution in [0.4, 0.5) is 0 Å². The Labute approximate surface area is 140 Å². The van der Waals surface area contributed by atoms with Crippen LogP contribution < -0.4 is 4.72 Å². The molecule has 1 heterocycles. The standard InChI is InChI=1S/C17H14N4O2S/c18-12-14-6-8-17(9-7-14)24(22,23)19-13-15-10-11-21(20-15)16-4-2-1-3-5-16/h1-11,19H,13H2. The van der Waals surface area contributed by atoms with Gasteiger partial charge in [0.15, 0.2) is 0 Å². The maximum atomic E-state index is 12.3. The number of hydrogen-bond donors (Lipinski definition) is 1. The molecule has 0 fully saturated rings. The van der Waals surface area contributed by atoms with Gasteiger partial charge in [-0.05, 0) is 42.5 Å². The lowest BCUT2D eigenvalue weighted by Gasteiger charge is -2.05. The van der Waals surface area contributed by atoms with Gasteiger partial charge in [0, 0.05) is 6.20 Å². The van der Waals surface area contributed by atoms with Crippen LogP contribution in [0.3, 0.4) is 0 Å². The molecule has 0 aliphatic carbocycles. The van der Waals surface area contributed by atoms with Gasteiger partial charge in [-0.15, -0.1) is 0 Å². The second-order valence-corrected chi connectivity index (χ2v) is 6.81. The quantitative estimate of drug-likeness (QED) is 0.772. The van der Waals surface area contributed by atoms with Gasteiger partial charge < -0.3 is 0 Å². The molecule has 0 unspecified atom stereocenters. The predicted molar refractivity (Wildman–Crippen MR) is 88.7 cm³/mol. The van der Waals surface area contributed by atoms with E-state index >= 15 is 0 Å². The molecule has 0 bridgehead atoms. The first-order chi connectivity index (χ1) is 11.6. The maximum absolute atomic E-state index is 12.3. The van der Waals surface area contributed by atoms with E-state index < -0.39 is 10.0 Å². The molecular weight excluding hydrogens is 324 g/mol. The van der Waals surface area contributed by atoms with Gasteiger partial charge in [0.05, 0.1) is 34.5 Å². The lowest BCUT2D eigenvalue weighted by molar-refractivity contribution is 0.580. The number of rotatable bonds is 5. The zero-order valence-electron chi connectivity index (χ0n) is 12.6. The van der Waals surface area contributed by atoms with Gasteiger partial charge in [-0.3, -0.25) is 0 Å². The zero-order chi connectivity index (χ0) is 17.0. The Balaban J connectivity index is 1.71. The molecule has 0 saturated carbocycles. The number of para-hydroxylation sites is 1. The minimum absolute atomic E-state index is 0.0855. The van der Waals surface area contributed by atoms with Gasteiger partial charge >= 0.3 is 0 Å². The Morgan fingerprint density at radius 3 is 2.42 bits per heavy atom. The van der Waals surface area contributed by atoms with Gasteiger partial charge in [0.25, 0.3) is 0 Å². The Hall–Kier alpha value is -2.95. The van der Waals surface area contributed by atoms with Crippen LogP contribution in [0, 0.1) is 11.3 Å². The van der Waals surface area contributed by atoms with Crippen molar-refractivity contribution in [2.45, 2.75) is 11.4 Å². The van der Waals surface area contributed by atoms with Crippen LogP contribution in [-0.4, -0.2) is 18.2 Å². The summed E-state index contributed by atoms with van der Waals surface area (Å²) in [6.07, 6.45) is 1.78. The molecule has 0 saturated heterocycles. The summed E-state index contributed by atoms with van der Waals surface area (Å²) < 4.78 is 28.7. The second-order valence-electron chi connectivity index (χ2n) is 5.05. The molecule has 0 aliphatic heterocycles. The molecule has 2 aromatic carbocycles.